The van der Waals surface area contributed by atoms with Gasteiger partial charge in [0.2, 0.25) is 0 Å². The molecule has 0 radical (unpaired) electrons. The van der Waals surface area contributed by atoms with Crippen LogP contribution in [0.5, 0.6) is 0 Å². The first kappa shape index (κ1) is 8.80. The van der Waals surface area contributed by atoms with Gasteiger partial charge in [-0.1, -0.05) is 0 Å². The van der Waals surface area contributed by atoms with Crippen LogP contribution in [0.4, 0.5) is 0 Å². The van der Waals surface area contributed by atoms with Crippen molar-refractivity contribution in [3.05, 3.63) is 28.4 Å². The number of hydrogen-bond donors (Lipinski definition) is 3. The van der Waals surface area contributed by atoms with Gasteiger partial charge in [0.05, 0.1) is 5.69 Å². The molecule has 0 aliphatic carbocycles. The maximum Gasteiger partial charge on any atom is 0.165 e. The fourth-order valence-electron chi connectivity index (χ4n) is 1.21. The van der Waals surface area contributed by atoms with E-state index in [1.165, 1.54) is 0 Å². The zero-order chi connectivity index (χ0) is 9.30. The van der Waals surface area contributed by atoms with E-state index >= 15 is 0 Å². The molecule has 1 rings (SSSR count). The molecule has 0 amide bonds. The van der Waals surface area contributed by atoms with E-state index in [1.54, 1.807) is 13.0 Å². The number of nitrogens with two attached hydrogens (primary N) is 1. The number of pyridine rings is 1. The van der Waals surface area contributed by atoms with Crippen molar-refractivity contribution < 1.29 is 5.21 Å². The molecule has 0 saturated heterocycles. The molecule has 1 aromatic rings. The normalized spacial score (nSPS) is 10.2. The predicted octanol–water partition coefficient (Wildman–Crippen LogP) is 0.280. The van der Waals surface area contributed by atoms with Crippen molar-refractivity contribution in [1.29, 1.82) is 5.41 Å². The summed E-state index contributed by atoms with van der Waals surface area (Å²) in [5.74, 6) is 0. The smallest absolute Gasteiger partial charge is 0.165 e. The molecule has 4 nitrogen and oxygen atoms in total. The molecule has 0 aliphatic heterocycles. The van der Waals surface area contributed by atoms with Crippen LogP contribution in [0.3, 0.4) is 0 Å². The Morgan fingerprint density at radius 1 is 1.58 bits per heavy atom. The topological polar surface area (TPSA) is 75.0 Å². The van der Waals surface area contributed by atoms with Crippen LogP contribution < -0.4 is 11.2 Å². The Kier molecular flexibility index (Phi) is 2.19. The quantitative estimate of drug-likeness (QED) is 0.525. The summed E-state index contributed by atoms with van der Waals surface area (Å²) in [4.78, 5) is 0. The maximum absolute atomic E-state index is 9.32. The highest BCUT2D eigenvalue weighted by Gasteiger charge is 2.04. The van der Waals surface area contributed by atoms with Crippen LogP contribution >= 0.6 is 0 Å². The van der Waals surface area contributed by atoms with E-state index in [2.05, 4.69) is 0 Å². The lowest BCUT2D eigenvalue weighted by atomic mass is 10.1. The van der Waals surface area contributed by atoms with Crippen molar-refractivity contribution in [1.82, 2.24) is 4.73 Å². The van der Waals surface area contributed by atoms with Gasteiger partial charge in [-0.2, -0.15) is 4.73 Å². The van der Waals surface area contributed by atoms with Crippen molar-refractivity contribution in [2.75, 3.05) is 0 Å². The van der Waals surface area contributed by atoms with Gasteiger partial charge in [-0.3, -0.25) is 5.41 Å². The van der Waals surface area contributed by atoms with E-state index in [0.717, 1.165) is 10.3 Å². The predicted molar refractivity (Wildman–Crippen MR) is 44.8 cm³/mol. The van der Waals surface area contributed by atoms with Gasteiger partial charge in [0.15, 0.2) is 5.49 Å². The molecule has 1 heterocycles. The Morgan fingerprint density at radius 2 is 2.17 bits per heavy atom. The Hall–Kier alpha value is -1.29. The van der Waals surface area contributed by atoms with Crippen LogP contribution in [-0.4, -0.2) is 9.94 Å². The third kappa shape index (κ3) is 1.21. The zero-order valence-electron chi connectivity index (χ0n) is 7.26. The third-order valence-electron chi connectivity index (χ3n) is 1.94. The third-order valence-corrected chi connectivity index (χ3v) is 1.94. The summed E-state index contributed by atoms with van der Waals surface area (Å²) in [5, 5.41) is 16.8. The zero-order valence-corrected chi connectivity index (χ0v) is 7.26. The molecule has 0 atom stereocenters. The van der Waals surface area contributed by atoms with Crippen molar-refractivity contribution in [2.24, 2.45) is 5.73 Å². The monoisotopic (exact) mass is 167 g/mol. The number of aromatic nitrogens is 1. The number of nitrogens with one attached hydrogen (secondary N) is 1. The van der Waals surface area contributed by atoms with Crippen molar-refractivity contribution in [3.63, 3.8) is 0 Å². The summed E-state index contributed by atoms with van der Waals surface area (Å²) >= 11 is 0. The van der Waals surface area contributed by atoms with Crippen LogP contribution in [0.1, 0.15) is 16.8 Å². The van der Waals surface area contributed by atoms with Gasteiger partial charge < -0.3 is 10.9 Å². The number of aryl methyl sites for hydroxylation is 2. The maximum atomic E-state index is 9.32. The van der Waals surface area contributed by atoms with Gasteiger partial charge >= 0.3 is 0 Å². The molecule has 0 spiro atoms. The first-order valence-corrected chi connectivity index (χ1v) is 3.74. The highest BCUT2D eigenvalue weighted by molar-refractivity contribution is 5.24. The summed E-state index contributed by atoms with van der Waals surface area (Å²) < 4.78 is 0.842. The van der Waals surface area contributed by atoms with Gasteiger partial charge in [0, 0.05) is 12.1 Å². The Bertz CT molecular complexity index is 354. The van der Waals surface area contributed by atoms with E-state index < -0.39 is 0 Å². The van der Waals surface area contributed by atoms with Gasteiger partial charge in [0.1, 0.15) is 0 Å². The van der Waals surface area contributed by atoms with Crippen molar-refractivity contribution in [2.45, 2.75) is 20.4 Å². The fraction of sp³-hybridized carbons (Fsp3) is 0.375. The number of rotatable bonds is 1. The van der Waals surface area contributed by atoms with Crippen LogP contribution in [0.25, 0.3) is 0 Å². The molecule has 1 aromatic heterocycles. The highest BCUT2D eigenvalue weighted by Crippen LogP contribution is 2.03. The summed E-state index contributed by atoms with van der Waals surface area (Å²) in [6, 6.07) is 1.81. The van der Waals surface area contributed by atoms with Crippen LogP contribution in [0, 0.1) is 19.3 Å². The first-order valence-electron chi connectivity index (χ1n) is 3.74. The van der Waals surface area contributed by atoms with Gasteiger partial charge in [0.25, 0.3) is 0 Å². The summed E-state index contributed by atoms with van der Waals surface area (Å²) in [5.41, 5.74) is 7.79. The highest BCUT2D eigenvalue weighted by atomic mass is 16.5. The minimum atomic E-state index is 0.0787. The average Bonchev–Trinajstić information content (AvgIpc) is 2.01. The second-order valence-electron chi connectivity index (χ2n) is 2.81. The van der Waals surface area contributed by atoms with Crippen LogP contribution in [0.2, 0.25) is 0 Å². The molecule has 66 valence electrons. The van der Waals surface area contributed by atoms with Gasteiger partial charge in [-0.05, 0) is 25.5 Å². The molecule has 0 fully saturated rings. The number of nitrogens with zero attached hydrogens (tertiary/aromatic N) is 1. The molecule has 4 heteroatoms. The molecule has 0 bridgehead atoms. The van der Waals surface area contributed by atoms with Crippen molar-refractivity contribution in [3.8, 4) is 0 Å². The second-order valence-corrected chi connectivity index (χ2v) is 2.81. The average molecular weight is 167 g/mol. The van der Waals surface area contributed by atoms with E-state index in [1.807, 2.05) is 6.92 Å². The van der Waals surface area contributed by atoms with Crippen LogP contribution in [-0.2, 0) is 6.54 Å². The lowest BCUT2D eigenvalue weighted by Crippen LogP contribution is -2.26. The molecular formula is C8H13N3O. The van der Waals surface area contributed by atoms with Crippen LogP contribution in [0.15, 0.2) is 6.07 Å². The second kappa shape index (κ2) is 2.98. The molecule has 0 unspecified atom stereocenters. The molecule has 4 N–H and O–H groups in total. The summed E-state index contributed by atoms with van der Waals surface area (Å²) in [7, 11) is 0. The Labute approximate surface area is 70.7 Å². The molecular weight excluding hydrogens is 154 g/mol. The van der Waals surface area contributed by atoms with E-state index in [4.69, 9.17) is 11.1 Å². The Balaban J connectivity index is 3.52. The molecule has 0 aromatic carbocycles. The largest absolute Gasteiger partial charge is 0.427 e. The summed E-state index contributed by atoms with van der Waals surface area (Å²) in [6.45, 7) is 3.91. The lowest BCUT2D eigenvalue weighted by molar-refractivity contribution is 0.162. The lowest BCUT2D eigenvalue weighted by Gasteiger charge is -2.08. The van der Waals surface area contributed by atoms with E-state index in [0.29, 0.717) is 11.3 Å². The van der Waals surface area contributed by atoms with E-state index in [-0.39, 0.29) is 12.0 Å². The molecule has 12 heavy (non-hydrogen) atoms. The first-order chi connectivity index (χ1) is 5.57. The Morgan fingerprint density at radius 3 is 2.67 bits per heavy atom. The molecule has 0 aliphatic rings. The van der Waals surface area contributed by atoms with Crippen molar-refractivity contribution >= 4 is 0 Å². The standard InChI is InChI=1S/C8H13N3O/c1-5-3-6(2)11(12)8(10)7(5)4-9/h3,10,12H,4,9H2,1-2H3. The fourth-order valence-corrected chi connectivity index (χ4v) is 1.21. The minimum absolute atomic E-state index is 0.0787. The van der Waals surface area contributed by atoms with Gasteiger partial charge in [-0.15, -0.1) is 0 Å². The SMILES string of the molecule is Cc1cc(C)n(O)c(=N)c1CN. The molecule has 0 saturated carbocycles. The minimum Gasteiger partial charge on any atom is -0.427 e. The summed E-state index contributed by atoms with van der Waals surface area (Å²) in [6.07, 6.45) is 0. The van der Waals surface area contributed by atoms with E-state index in [9.17, 15) is 5.21 Å². The van der Waals surface area contributed by atoms with Gasteiger partial charge in [-0.25, -0.2) is 0 Å². The number of hydrogen-bond acceptors (Lipinski definition) is 3.